The van der Waals surface area contributed by atoms with E-state index in [0.717, 1.165) is 49.9 Å². The molecule has 4 aliphatic carbocycles. The van der Waals surface area contributed by atoms with Crippen LogP contribution in [0.2, 0.25) is 0 Å². The third-order valence-electron chi connectivity index (χ3n) is 11.6. The van der Waals surface area contributed by atoms with E-state index >= 15 is 0 Å². The highest BCUT2D eigenvalue weighted by Gasteiger charge is 2.67. The van der Waals surface area contributed by atoms with Gasteiger partial charge in [0.05, 0.1) is 11.9 Å². The quantitative estimate of drug-likeness (QED) is 0.530. The topological polar surface area (TPSA) is 103 Å². The second-order valence-electron chi connectivity index (χ2n) is 12.7. The van der Waals surface area contributed by atoms with Gasteiger partial charge >= 0.3 is 5.63 Å². The van der Waals surface area contributed by atoms with Crippen molar-refractivity contribution in [2.45, 2.75) is 89.2 Å². The lowest BCUT2D eigenvalue weighted by atomic mass is 9.43. The van der Waals surface area contributed by atoms with E-state index in [1.807, 2.05) is 6.07 Å². The van der Waals surface area contributed by atoms with Gasteiger partial charge in [0.1, 0.15) is 0 Å². The minimum absolute atomic E-state index is 0.130. The number of nitrogens with zero attached hydrogens (tertiary/aromatic N) is 1. The third-order valence-corrected chi connectivity index (χ3v) is 11.6. The molecule has 4 saturated carbocycles. The Hall–Kier alpha value is -1.70. The van der Waals surface area contributed by atoms with Crippen molar-refractivity contribution in [2.24, 2.45) is 28.6 Å². The fourth-order valence-electron chi connectivity index (χ4n) is 9.68. The van der Waals surface area contributed by atoms with E-state index in [2.05, 4.69) is 24.1 Å². The molecule has 2 heterocycles. The first-order chi connectivity index (χ1) is 17.3. The number of piperazine rings is 1. The SMILES string of the molecule is CC12CCC(N3CCNCC3)CC1CCC1C2CCC2(C)C(c3ccc(=O)oc3)CCC12O.O=CO. The molecule has 5 fully saturated rings. The van der Waals surface area contributed by atoms with E-state index < -0.39 is 5.60 Å². The molecule has 0 bridgehead atoms. The van der Waals surface area contributed by atoms with Crippen molar-refractivity contribution >= 4 is 6.47 Å². The summed E-state index contributed by atoms with van der Waals surface area (Å²) in [5, 5.41) is 22.8. The molecule has 7 nitrogen and oxygen atoms in total. The van der Waals surface area contributed by atoms with Gasteiger partial charge in [0.15, 0.2) is 0 Å². The molecule has 36 heavy (non-hydrogen) atoms. The van der Waals surface area contributed by atoms with Crippen molar-refractivity contribution in [1.82, 2.24) is 10.2 Å². The van der Waals surface area contributed by atoms with E-state index in [1.165, 1.54) is 51.6 Å². The van der Waals surface area contributed by atoms with Gasteiger partial charge in [0.2, 0.25) is 0 Å². The van der Waals surface area contributed by atoms with Crippen LogP contribution in [0.3, 0.4) is 0 Å². The van der Waals surface area contributed by atoms with Crippen molar-refractivity contribution in [3.63, 3.8) is 0 Å². The number of hydrogen-bond acceptors (Lipinski definition) is 6. The Labute approximate surface area is 214 Å². The minimum Gasteiger partial charge on any atom is -0.483 e. The summed E-state index contributed by atoms with van der Waals surface area (Å²) in [6.07, 6.45) is 12.3. The molecule has 1 saturated heterocycles. The van der Waals surface area contributed by atoms with Gasteiger partial charge < -0.3 is 19.9 Å². The van der Waals surface area contributed by atoms with E-state index in [0.29, 0.717) is 17.3 Å². The zero-order valence-electron chi connectivity index (χ0n) is 22.0. The molecule has 1 aromatic rings. The Morgan fingerprint density at radius 3 is 2.47 bits per heavy atom. The second-order valence-corrected chi connectivity index (χ2v) is 12.7. The summed E-state index contributed by atoms with van der Waals surface area (Å²) >= 11 is 0. The zero-order chi connectivity index (χ0) is 25.6. The Balaban J connectivity index is 0.000000848. The van der Waals surface area contributed by atoms with Crippen LogP contribution in [0.5, 0.6) is 0 Å². The maximum Gasteiger partial charge on any atom is 0.335 e. The second kappa shape index (κ2) is 9.88. The smallest absolute Gasteiger partial charge is 0.335 e. The maximum absolute atomic E-state index is 12.4. The normalized spacial score (nSPS) is 44.4. The Kier molecular flexibility index (Phi) is 7.12. The molecule has 1 aliphatic heterocycles. The molecule has 5 aliphatic rings. The lowest BCUT2D eigenvalue weighted by Gasteiger charge is -2.64. The summed E-state index contributed by atoms with van der Waals surface area (Å²) in [7, 11) is 0. The molecule has 200 valence electrons. The first-order valence-electron chi connectivity index (χ1n) is 14.1. The predicted molar refractivity (Wildman–Crippen MR) is 138 cm³/mol. The first-order valence-corrected chi connectivity index (χ1v) is 14.1. The number of fused-ring (bicyclic) bond motifs is 5. The van der Waals surface area contributed by atoms with Gasteiger partial charge in [0, 0.05) is 43.7 Å². The van der Waals surface area contributed by atoms with Crippen LogP contribution in [0.4, 0.5) is 0 Å². The molecule has 8 unspecified atom stereocenters. The van der Waals surface area contributed by atoms with Gasteiger partial charge in [-0.15, -0.1) is 0 Å². The van der Waals surface area contributed by atoms with Crippen LogP contribution < -0.4 is 10.9 Å². The number of carbonyl (C=O) groups is 1. The van der Waals surface area contributed by atoms with E-state index in [4.69, 9.17) is 14.3 Å². The van der Waals surface area contributed by atoms with Crippen molar-refractivity contribution in [2.75, 3.05) is 26.2 Å². The summed E-state index contributed by atoms with van der Waals surface area (Å²) in [6, 6.07) is 4.25. The molecule has 0 aromatic carbocycles. The van der Waals surface area contributed by atoms with E-state index in [1.54, 1.807) is 12.3 Å². The van der Waals surface area contributed by atoms with E-state index in [9.17, 15) is 9.90 Å². The standard InChI is InChI=1S/C28H42N2O3.CH2O2/c1-26-10-7-21(30-15-13-29-14-16-30)17-20(26)4-5-24-23(26)8-11-27(2)22(9-12-28(24,27)32)19-3-6-25(31)33-18-19;2-1-3/h3,6,18,20-24,29,32H,4-5,7-17H2,1-2H3;1H,(H,2,3). The lowest BCUT2D eigenvalue weighted by molar-refractivity contribution is -0.204. The van der Waals surface area contributed by atoms with Crippen molar-refractivity contribution in [3.8, 4) is 0 Å². The maximum atomic E-state index is 12.4. The van der Waals surface area contributed by atoms with Crippen LogP contribution in [-0.2, 0) is 4.79 Å². The molecule has 8 atom stereocenters. The molecule has 0 amide bonds. The fraction of sp³-hybridized carbons (Fsp3) is 0.793. The van der Waals surface area contributed by atoms with Gasteiger partial charge in [0.25, 0.3) is 6.47 Å². The highest BCUT2D eigenvalue weighted by Crippen LogP contribution is 2.70. The number of carboxylic acid groups (broad SMARTS) is 1. The van der Waals surface area contributed by atoms with E-state index in [-0.39, 0.29) is 23.4 Å². The third kappa shape index (κ3) is 4.06. The Bertz CT molecular complexity index is 972. The van der Waals surface area contributed by atoms with Gasteiger partial charge in [-0.1, -0.05) is 13.8 Å². The van der Waals surface area contributed by atoms with Crippen LogP contribution in [-0.4, -0.2) is 59.4 Å². The number of hydrogen-bond donors (Lipinski definition) is 3. The molecule has 6 rings (SSSR count). The summed E-state index contributed by atoms with van der Waals surface area (Å²) in [6.45, 7) is 9.37. The molecule has 7 heteroatoms. The molecular weight excluding hydrogens is 456 g/mol. The summed E-state index contributed by atoms with van der Waals surface area (Å²) in [5.74, 6) is 2.14. The molecule has 1 aromatic heterocycles. The highest BCUT2D eigenvalue weighted by atomic mass is 16.4. The van der Waals surface area contributed by atoms with Gasteiger partial charge in [-0.2, -0.15) is 0 Å². The fourth-order valence-corrected chi connectivity index (χ4v) is 9.68. The molecule has 0 spiro atoms. The Morgan fingerprint density at radius 1 is 1.03 bits per heavy atom. The van der Waals surface area contributed by atoms with Crippen molar-refractivity contribution in [1.29, 1.82) is 0 Å². The number of aliphatic hydroxyl groups is 1. The average molecular weight is 501 g/mol. The Morgan fingerprint density at radius 2 is 1.78 bits per heavy atom. The van der Waals surface area contributed by atoms with Crippen molar-refractivity contribution in [3.05, 3.63) is 34.4 Å². The average Bonchev–Trinajstić information content (AvgIpc) is 3.16. The first kappa shape index (κ1) is 25.9. The van der Waals surface area contributed by atoms with Crippen LogP contribution in [0.1, 0.15) is 83.1 Å². The van der Waals surface area contributed by atoms with Crippen LogP contribution >= 0.6 is 0 Å². The van der Waals surface area contributed by atoms with Crippen LogP contribution in [0.15, 0.2) is 27.6 Å². The molecule has 0 radical (unpaired) electrons. The number of rotatable bonds is 2. The lowest BCUT2D eigenvalue weighted by Crippen LogP contribution is -2.62. The summed E-state index contributed by atoms with van der Waals surface area (Å²) in [4.78, 5) is 22.6. The number of nitrogens with one attached hydrogen (secondary N) is 1. The monoisotopic (exact) mass is 500 g/mol. The van der Waals surface area contributed by atoms with Gasteiger partial charge in [-0.3, -0.25) is 9.69 Å². The molecule has 3 N–H and O–H groups in total. The minimum atomic E-state index is -0.597. The van der Waals surface area contributed by atoms with Crippen LogP contribution in [0, 0.1) is 28.6 Å². The van der Waals surface area contributed by atoms with Crippen molar-refractivity contribution < 1.29 is 19.4 Å². The predicted octanol–water partition coefficient (Wildman–Crippen LogP) is 3.86. The summed E-state index contributed by atoms with van der Waals surface area (Å²) in [5.41, 5.74) is 0.462. The molecular formula is C29H44N2O5. The summed E-state index contributed by atoms with van der Waals surface area (Å²) < 4.78 is 5.24. The highest BCUT2D eigenvalue weighted by molar-refractivity contribution is 5.32. The largest absolute Gasteiger partial charge is 0.483 e. The van der Waals surface area contributed by atoms with Gasteiger partial charge in [-0.05, 0) is 98.5 Å². The van der Waals surface area contributed by atoms with Gasteiger partial charge in [-0.25, -0.2) is 4.79 Å². The zero-order valence-corrected chi connectivity index (χ0v) is 22.0. The van der Waals surface area contributed by atoms with Crippen LogP contribution in [0.25, 0.3) is 0 Å².